The summed E-state index contributed by atoms with van der Waals surface area (Å²) in [4.78, 5) is 31.5. The van der Waals surface area contributed by atoms with Gasteiger partial charge in [-0.3, -0.25) is 4.90 Å². The Kier molecular flexibility index (Phi) is 8.68. The standard InChI is InChI=1S/C30H32ClFN6O5/c1-2-20-13-21(43-28-5-8-33-26(36-28)17-42-29-23(32)12-19(31)14-34-29)6-9-37(20)16-27-35-24-4-3-18(30(39)40)11-25(24)38(27)15-22-7-10-41-22/h3-5,8,11-12,14,20-22H,2,6-7,9-10,13,15-17H2,1H3,(H,39,40)/t20-,21-,22-/m0/s1. The van der Waals surface area contributed by atoms with Crippen molar-refractivity contribution < 1.29 is 28.5 Å². The first-order chi connectivity index (χ1) is 20.9. The van der Waals surface area contributed by atoms with E-state index in [0.29, 0.717) is 24.8 Å². The molecule has 3 aromatic heterocycles. The summed E-state index contributed by atoms with van der Waals surface area (Å²) in [5, 5.41) is 9.72. The average molecular weight is 611 g/mol. The van der Waals surface area contributed by atoms with Gasteiger partial charge in [-0.2, -0.15) is 4.98 Å². The molecule has 1 aromatic carbocycles. The highest BCUT2D eigenvalue weighted by Crippen LogP contribution is 2.28. The molecule has 2 fully saturated rings. The Balaban J connectivity index is 1.11. The minimum Gasteiger partial charge on any atom is -0.478 e. The van der Waals surface area contributed by atoms with Gasteiger partial charge in [-0.15, -0.1) is 0 Å². The van der Waals surface area contributed by atoms with Crippen LogP contribution in [0, 0.1) is 5.82 Å². The third-order valence-corrected chi connectivity index (χ3v) is 8.15. The Hall–Kier alpha value is -3.87. The van der Waals surface area contributed by atoms with Crippen molar-refractivity contribution in [2.45, 2.75) is 70.6 Å². The first kappa shape index (κ1) is 29.2. The summed E-state index contributed by atoms with van der Waals surface area (Å²) in [7, 11) is 0. The highest BCUT2D eigenvalue weighted by Gasteiger charge is 2.31. The molecule has 226 valence electrons. The molecule has 4 aromatic rings. The minimum absolute atomic E-state index is 0.0411. The van der Waals surface area contributed by atoms with Crippen LogP contribution in [-0.2, 0) is 24.4 Å². The summed E-state index contributed by atoms with van der Waals surface area (Å²) in [5.74, 6) is -0.109. The van der Waals surface area contributed by atoms with E-state index in [0.717, 1.165) is 61.8 Å². The molecule has 13 heteroatoms. The fourth-order valence-corrected chi connectivity index (χ4v) is 5.72. The molecule has 2 saturated heterocycles. The second kappa shape index (κ2) is 12.8. The van der Waals surface area contributed by atoms with Gasteiger partial charge in [-0.05, 0) is 49.9 Å². The van der Waals surface area contributed by atoms with Gasteiger partial charge in [-0.1, -0.05) is 18.5 Å². The molecule has 11 nitrogen and oxygen atoms in total. The van der Waals surface area contributed by atoms with Gasteiger partial charge in [0, 0.05) is 37.7 Å². The number of halogens is 2. The lowest BCUT2D eigenvalue weighted by molar-refractivity contribution is -0.0593. The first-order valence-electron chi connectivity index (χ1n) is 14.4. The number of fused-ring (bicyclic) bond motifs is 1. The Morgan fingerprint density at radius 1 is 1.21 bits per heavy atom. The minimum atomic E-state index is -0.958. The van der Waals surface area contributed by atoms with Crippen LogP contribution in [0.25, 0.3) is 11.0 Å². The lowest BCUT2D eigenvalue weighted by atomic mass is 9.97. The number of hydrogen-bond acceptors (Lipinski definition) is 9. The van der Waals surface area contributed by atoms with Gasteiger partial charge in [0.2, 0.25) is 5.88 Å². The molecule has 0 radical (unpaired) electrons. The molecule has 0 amide bonds. The molecular formula is C30H32ClFN6O5. The molecule has 0 spiro atoms. The highest BCUT2D eigenvalue weighted by molar-refractivity contribution is 6.30. The van der Waals surface area contributed by atoms with Gasteiger partial charge in [-0.25, -0.2) is 24.1 Å². The van der Waals surface area contributed by atoms with E-state index in [9.17, 15) is 14.3 Å². The molecule has 2 aliphatic heterocycles. The number of piperidine rings is 1. The van der Waals surface area contributed by atoms with E-state index in [4.69, 9.17) is 30.8 Å². The molecule has 0 saturated carbocycles. The van der Waals surface area contributed by atoms with E-state index in [1.807, 2.05) is 0 Å². The van der Waals surface area contributed by atoms with Crippen LogP contribution in [0.3, 0.4) is 0 Å². The van der Waals surface area contributed by atoms with Crippen LogP contribution in [0.4, 0.5) is 4.39 Å². The topological polar surface area (TPSA) is 125 Å². The van der Waals surface area contributed by atoms with E-state index < -0.39 is 11.8 Å². The van der Waals surface area contributed by atoms with Crippen molar-refractivity contribution in [1.82, 2.24) is 29.4 Å². The quantitative estimate of drug-likeness (QED) is 0.251. The first-order valence-corrected chi connectivity index (χ1v) is 14.7. The van der Waals surface area contributed by atoms with Gasteiger partial charge in [0.15, 0.2) is 11.6 Å². The Morgan fingerprint density at radius 3 is 2.81 bits per heavy atom. The summed E-state index contributed by atoms with van der Waals surface area (Å²) in [6.07, 6.45) is 6.47. The van der Waals surface area contributed by atoms with Crippen molar-refractivity contribution >= 4 is 28.6 Å². The zero-order valence-electron chi connectivity index (χ0n) is 23.7. The van der Waals surface area contributed by atoms with Crippen molar-refractivity contribution in [3.05, 3.63) is 70.8 Å². The number of hydrogen-bond donors (Lipinski definition) is 1. The zero-order valence-corrected chi connectivity index (χ0v) is 24.4. The number of nitrogens with zero attached hydrogens (tertiary/aromatic N) is 6. The van der Waals surface area contributed by atoms with E-state index in [1.54, 1.807) is 30.5 Å². The number of aromatic carboxylic acids is 1. The van der Waals surface area contributed by atoms with Crippen molar-refractivity contribution in [2.75, 3.05) is 13.2 Å². The summed E-state index contributed by atoms with van der Waals surface area (Å²) in [6, 6.07) is 8.17. The number of ether oxygens (including phenoxy) is 3. The van der Waals surface area contributed by atoms with Crippen molar-refractivity contribution in [1.29, 1.82) is 0 Å². The monoisotopic (exact) mass is 610 g/mol. The zero-order chi connectivity index (χ0) is 29.9. The molecule has 3 atom stereocenters. The molecule has 0 bridgehead atoms. The van der Waals surface area contributed by atoms with Crippen molar-refractivity contribution in [2.24, 2.45) is 0 Å². The summed E-state index contributed by atoms with van der Waals surface area (Å²) < 4.78 is 33.5. The van der Waals surface area contributed by atoms with Crippen LogP contribution in [0.5, 0.6) is 11.8 Å². The summed E-state index contributed by atoms with van der Waals surface area (Å²) in [5.41, 5.74) is 1.84. The fourth-order valence-electron chi connectivity index (χ4n) is 5.57. The highest BCUT2D eigenvalue weighted by atomic mass is 35.5. The van der Waals surface area contributed by atoms with Gasteiger partial charge in [0.1, 0.15) is 18.5 Å². The Bertz CT molecular complexity index is 1620. The molecule has 6 rings (SSSR count). The van der Waals surface area contributed by atoms with E-state index in [1.165, 1.54) is 6.20 Å². The Labute approximate surface area is 252 Å². The smallest absolute Gasteiger partial charge is 0.335 e. The number of carboxylic acids is 1. The Morgan fingerprint density at radius 2 is 2.07 bits per heavy atom. The number of carboxylic acid groups (broad SMARTS) is 1. The third kappa shape index (κ3) is 6.71. The number of rotatable bonds is 11. The lowest BCUT2D eigenvalue weighted by Gasteiger charge is -2.39. The largest absolute Gasteiger partial charge is 0.478 e. The van der Waals surface area contributed by atoms with Crippen molar-refractivity contribution in [3.8, 4) is 11.8 Å². The SMILES string of the molecule is CC[C@H]1C[C@@H](Oc2ccnc(COc3ncc(Cl)cc3F)n2)CCN1Cc1nc2ccc(C(=O)O)cc2n1C[C@@H]1CCO1. The molecule has 0 unspecified atom stereocenters. The van der Waals surface area contributed by atoms with Crippen LogP contribution >= 0.6 is 11.6 Å². The molecular weight excluding hydrogens is 579 g/mol. The van der Waals surface area contributed by atoms with Gasteiger partial charge in [0.25, 0.3) is 5.88 Å². The van der Waals surface area contributed by atoms with Gasteiger partial charge in [0.05, 0.1) is 40.8 Å². The van der Waals surface area contributed by atoms with Gasteiger partial charge >= 0.3 is 5.97 Å². The second-order valence-corrected chi connectivity index (χ2v) is 11.2. The number of carbonyl (C=O) groups is 1. The van der Waals surface area contributed by atoms with Gasteiger partial charge < -0.3 is 23.9 Å². The maximum absolute atomic E-state index is 14.0. The van der Waals surface area contributed by atoms with Crippen LogP contribution in [0.2, 0.25) is 5.02 Å². The van der Waals surface area contributed by atoms with Crippen molar-refractivity contribution in [3.63, 3.8) is 0 Å². The summed E-state index contributed by atoms with van der Waals surface area (Å²) >= 11 is 5.75. The maximum atomic E-state index is 14.0. The number of imidazole rings is 1. The van der Waals surface area contributed by atoms with Crippen LogP contribution in [0.1, 0.15) is 54.6 Å². The number of pyridine rings is 1. The van der Waals surface area contributed by atoms with E-state index in [2.05, 4.69) is 31.3 Å². The lowest BCUT2D eigenvalue weighted by Crippen LogP contribution is -2.45. The van der Waals surface area contributed by atoms with Crippen LogP contribution < -0.4 is 9.47 Å². The molecule has 0 aliphatic carbocycles. The molecule has 5 heterocycles. The molecule has 43 heavy (non-hydrogen) atoms. The summed E-state index contributed by atoms with van der Waals surface area (Å²) in [6.45, 7) is 4.92. The molecule has 2 aliphatic rings. The van der Waals surface area contributed by atoms with E-state index in [-0.39, 0.29) is 41.3 Å². The maximum Gasteiger partial charge on any atom is 0.335 e. The molecule has 1 N–H and O–H groups in total. The van der Waals surface area contributed by atoms with Crippen LogP contribution in [0.15, 0.2) is 42.7 Å². The predicted octanol–water partition coefficient (Wildman–Crippen LogP) is 4.90. The fraction of sp³-hybridized carbons (Fsp3) is 0.433. The predicted molar refractivity (Wildman–Crippen MR) is 155 cm³/mol. The number of aromatic nitrogens is 5. The average Bonchev–Trinajstić information content (AvgIpc) is 3.31. The third-order valence-electron chi connectivity index (χ3n) is 7.94. The normalized spacial score (nSPS) is 20.6. The van der Waals surface area contributed by atoms with Crippen LogP contribution in [-0.4, -0.2) is 71.9 Å². The number of likely N-dealkylation sites (tertiary alicyclic amines) is 1. The van der Waals surface area contributed by atoms with E-state index >= 15 is 0 Å². The number of benzene rings is 1. The second-order valence-electron chi connectivity index (χ2n) is 10.8.